The number of hydrogen-bond donors (Lipinski definition) is 0. The molecule has 0 saturated heterocycles. The average molecular weight is 881 g/mol. The van der Waals surface area contributed by atoms with Crippen LogP contribution in [0, 0.1) is 0 Å². The van der Waals surface area contributed by atoms with Crippen LogP contribution in [0.5, 0.6) is 0 Å². The van der Waals surface area contributed by atoms with E-state index in [1.165, 1.54) is 154 Å². The summed E-state index contributed by atoms with van der Waals surface area (Å²) in [6, 6.07) is 0. The van der Waals surface area contributed by atoms with Gasteiger partial charge in [0.2, 0.25) is 0 Å². The Labute approximate surface area is 390 Å². The molecule has 1 atom stereocenters. The normalized spacial score (nSPS) is 12.5. The summed E-state index contributed by atoms with van der Waals surface area (Å²) < 4.78 is 16.7. The van der Waals surface area contributed by atoms with Gasteiger partial charge >= 0.3 is 17.9 Å². The zero-order valence-corrected chi connectivity index (χ0v) is 41.6. The van der Waals surface area contributed by atoms with Crippen molar-refractivity contribution < 1.29 is 28.6 Å². The Morgan fingerprint density at radius 1 is 0.333 bits per heavy atom. The van der Waals surface area contributed by atoms with Crippen molar-refractivity contribution in [2.45, 2.75) is 271 Å². The van der Waals surface area contributed by atoms with Crippen LogP contribution in [0.1, 0.15) is 265 Å². The number of rotatable bonds is 48. The lowest BCUT2D eigenvalue weighted by Crippen LogP contribution is -2.30. The predicted octanol–water partition coefficient (Wildman–Crippen LogP) is 17.6. The Kier molecular flexibility index (Phi) is 49.4. The molecule has 364 valence electrons. The van der Waals surface area contributed by atoms with E-state index in [9.17, 15) is 14.4 Å². The molecular formula is C57H100O6. The summed E-state index contributed by atoms with van der Waals surface area (Å²) in [7, 11) is 0. The first-order valence-corrected chi connectivity index (χ1v) is 26.8. The molecule has 0 amide bonds. The molecule has 6 heteroatoms. The Morgan fingerprint density at radius 2 is 0.651 bits per heavy atom. The Morgan fingerprint density at radius 3 is 1.10 bits per heavy atom. The highest BCUT2D eigenvalue weighted by atomic mass is 16.6. The molecule has 0 spiro atoms. The van der Waals surface area contributed by atoms with E-state index in [0.29, 0.717) is 19.3 Å². The van der Waals surface area contributed by atoms with Crippen LogP contribution in [-0.4, -0.2) is 37.2 Å². The highest BCUT2D eigenvalue weighted by Gasteiger charge is 2.19. The molecule has 0 heterocycles. The summed E-state index contributed by atoms with van der Waals surface area (Å²) in [6.45, 7) is 6.54. The van der Waals surface area contributed by atoms with Crippen LogP contribution in [0.4, 0.5) is 0 Å². The van der Waals surface area contributed by atoms with Gasteiger partial charge in [-0.2, -0.15) is 0 Å². The maximum absolute atomic E-state index is 12.8. The van der Waals surface area contributed by atoms with Gasteiger partial charge in [0.05, 0.1) is 0 Å². The Bertz CT molecular complexity index is 1150. The fraction of sp³-hybridized carbons (Fsp3) is 0.772. The number of esters is 3. The quantitative estimate of drug-likeness (QED) is 0.0199. The van der Waals surface area contributed by atoms with E-state index in [0.717, 1.165) is 64.2 Å². The molecule has 6 nitrogen and oxygen atoms in total. The molecule has 0 aromatic carbocycles. The van der Waals surface area contributed by atoms with Crippen molar-refractivity contribution in [3.63, 3.8) is 0 Å². The summed E-state index contributed by atoms with van der Waals surface area (Å²) in [4.78, 5) is 37.9. The molecule has 0 saturated carbocycles. The average Bonchev–Trinajstić information content (AvgIpc) is 3.28. The molecular weight excluding hydrogens is 781 g/mol. The van der Waals surface area contributed by atoms with Crippen molar-refractivity contribution in [1.82, 2.24) is 0 Å². The van der Waals surface area contributed by atoms with E-state index in [-0.39, 0.29) is 37.5 Å². The Balaban J connectivity index is 4.41. The van der Waals surface area contributed by atoms with E-state index < -0.39 is 6.10 Å². The molecule has 0 fully saturated rings. The molecule has 1 unspecified atom stereocenters. The lowest BCUT2D eigenvalue weighted by atomic mass is 10.1. The first kappa shape index (κ1) is 60.1. The maximum atomic E-state index is 12.8. The predicted molar refractivity (Wildman–Crippen MR) is 270 cm³/mol. The van der Waals surface area contributed by atoms with Crippen LogP contribution in [0.2, 0.25) is 0 Å². The number of hydrogen-bond acceptors (Lipinski definition) is 6. The molecule has 0 radical (unpaired) electrons. The molecule has 0 aromatic heterocycles. The molecule has 63 heavy (non-hydrogen) atoms. The first-order chi connectivity index (χ1) is 31.0. The van der Waals surface area contributed by atoms with Gasteiger partial charge in [0.15, 0.2) is 6.10 Å². The van der Waals surface area contributed by atoms with E-state index in [1.807, 2.05) is 6.08 Å². The molecule has 0 N–H and O–H groups in total. The molecule has 0 aliphatic heterocycles. The minimum Gasteiger partial charge on any atom is -0.462 e. The largest absolute Gasteiger partial charge is 0.462 e. The van der Waals surface area contributed by atoms with Gasteiger partial charge in [0.1, 0.15) is 13.2 Å². The number of carbonyl (C=O) groups excluding carboxylic acids is 3. The minimum absolute atomic E-state index is 0.103. The summed E-state index contributed by atoms with van der Waals surface area (Å²) in [5.74, 6) is -0.986. The van der Waals surface area contributed by atoms with Crippen molar-refractivity contribution in [2.24, 2.45) is 0 Å². The summed E-state index contributed by atoms with van der Waals surface area (Å²) >= 11 is 0. The van der Waals surface area contributed by atoms with Crippen molar-refractivity contribution in [3.05, 3.63) is 60.8 Å². The number of carbonyl (C=O) groups is 3. The van der Waals surface area contributed by atoms with Gasteiger partial charge in [-0.25, -0.2) is 0 Å². The van der Waals surface area contributed by atoms with Gasteiger partial charge in [-0.15, -0.1) is 0 Å². The lowest BCUT2D eigenvalue weighted by molar-refractivity contribution is -0.166. The summed E-state index contributed by atoms with van der Waals surface area (Å²) in [6.07, 6.45) is 63.6. The standard InChI is InChI=1S/C57H100O6/c1-4-7-10-13-16-19-22-25-26-27-28-29-30-33-35-38-41-44-47-50-56(59)62-53-54(63-57(60)51-48-45-42-39-36-32-24-21-18-15-12-9-6-3)52-61-55(58)49-46-43-40-37-34-31-23-20-17-14-11-8-5-2/h16,19,22,25,31-32,34,36,42,45,54H,4-15,17-18,20-21,23-24,26-30,33,35,37-41,43-44,46-53H2,1-3H3/b19-16+,25-22+,34-31+,36-32+,45-42+. The van der Waals surface area contributed by atoms with Gasteiger partial charge in [0, 0.05) is 19.3 Å². The zero-order chi connectivity index (χ0) is 45.8. The van der Waals surface area contributed by atoms with Crippen molar-refractivity contribution >= 4 is 17.9 Å². The van der Waals surface area contributed by atoms with Crippen LogP contribution in [0.3, 0.4) is 0 Å². The molecule has 0 aliphatic carbocycles. The third kappa shape index (κ3) is 50.0. The van der Waals surface area contributed by atoms with Crippen molar-refractivity contribution in [2.75, 3.05) is 13.2 Å². The summed E-state index contributed by atoms with van der Waals surface area (Å²) in [5, 5.41) is 0. The van der Waals surface area contributed by atoms with Crippen LogP contribution in [-0.2, 0) is 28.6 Å². The van der Waals surface area contributed by atoms with Gasteiger partial charge in [-0.3, -0.25) is 14.4 Å². The van der Waals surface area contributed by atoms with E-state index >= 15 is 0 Å². The number of allylic oxidation sites excluding steroid dienone is 10. The lowest BCUT2D eigenvalue weighted by Gasteiger charge is -2.18. The fourth-order valence-corrected chi connectivity index (χ4v) is 7.42. The highest BCUT2D eigenvalue weighted by Crippen LogP contribution is 2.14. The molecule has 0 aromatic rings. The maximum Gasteiger partial charge on any atom is 0.306 e. The van der Waals surface area contributed by atoms with Gasteiger partial charge < -0.3 is 14.2 Å². The monoisotopic (exact) mass is 881 g/mol. The van der Waals surface area contributed by atoms with Crippen LogP contribution in [0.15, 0.2) is 60.8 Å². The van der Waals surface area contributed by atoms with Crippen LogP contribution >= 0.6 is 0 Å². The number of unbranched alkanes of at least 4 members (excludes halogenated alkanes) is 28. The fourth-order valence-electron chi connectivity index (χ4n) is 7.42. The molecule has 0 bridgehead atoms. The second-order valence-electron chi connectivity index (χ2n) is 17.8. The first-order valence-electron chi connectivity index (χ1n) is 26.8. The molecule has 0 aliphatic rings. The summed E-state index contributed by atoms with van der Waals surface area (Å²) in [5.41, 5.74) is 0. The van der Waals surface area contributed by atoms with E-state index in [2.05, 4.69) is 75.5 Å². The Hall–Kier alpha value is -2.89. The van der Waals surface area contributed by atoms with Crippen LogP contribution in [0.25, 0.3) is 0 Å². The zero-order valence-electron chi connectivity index (χ0n) is 41.6. The van der Waals surface area contributed by atoms with Crippen LogP contribution < -0.4 is 0 Å². The highest BCUT2D eigenvalue weighted by molar-refractivity contribution is 5.71. The van der Waals surface area contributed by atoms with Gasteiger partial charge in [0.25, 0.3) is 0 Å². The van der Waals surface area contributed by atoms with E-state index in [4.69, 9.17) is 14.2 Å². The van der Waals surface area contributed by atoms with Crippen molar-refractivity contribution in [1.29, 1.82) is 0 Å². The van der Waals surface area contributed by atoms with Gasteiger partial charge in [-0.05, 0) is 89.9 Å². The second kappa shape index (κ2) is 51.7. The third-order valence-corrected chi connectivity index (χ3v) is 11.5. The smallest absolute Gasteiger partial charge is 0.306 e. The molecule has 0 rings (SSSR count). The SMILES string of the molecule is CCCCC/C=C/C=C/CCCCCCCCCCCCC(=O)OCC(COC(=O)CCCCC/C=C/CCCCCCCC)OC(=O)CC/C=C/C/C=C/CCCCCCCC. The minimum atomic E-state index is -0.810. The van der Waals surface area contributed by atoms with Crippen molar-refractivity contribution in [3.8, 4) is 0 Å². The number of ether oxygens (including phenoxy) is 3. The second-order valence-corrected chi connectivity index (χ2v) is 17.8. The third-order valence-electron chi connectivity index (χ3n) is 11.5. The van der Waals surface area contributed by atoms with Gasteiger partial charge in [-0.1, -0.05) is 216 Å². The topological polar surface area (TPSA) is 78.9 Å². The van der Waals surface area contributed by atoms with E-state index in [1.54, 1.807) is 0 Å².